The molecule has 4 aliphatic carbocycles. The lowest BCUT2D eigenvalue weighted by atomic mass is 9.49. The number of carbonyl (C=O) groups is 1. The summed E-state index contributed by atoms with van der Waals surface area (Å²) in [5, 5.41) is 12.7. The minimum absolute atomic E-state index is 0.175. The summed E-state index contributed by atoms with van der Waals surface area (Å²) in [4.78, 5) is 26.0. The Labute approximate surface area is 221 Å². The van der Waals surface area contributed by atoms with Gasteiger partial charge < -0.3 is 9.88 Å². The number of anilines is 1. The van der Waals surface area contributed by atoms with Gasteiger partial charge in [-0.05, 0) is 87.7 Å². The molecular weight excluding hydrogens is 484 g/mol. The topological polar surface area (TPSA) is 86.7 Å². The Bertz CT molecular complexity index is 1340. The van der Waals surface area contributed by atoms with Gasteiger partial charge in [0, 0.05) is 20.0 Å². The van der Waals surface area contributed by atoms with Gasteiger partial charge >= 0.3 is 0 Å². The van der Waals surface area contributed by atoms with Gasteiger partial charge in [-0.2, -0.15) is 0 Å². The predicted molar refractivity (Wildman–Crippen MR) is 145 cm³/mol. The average Bonchev–Trinajstić information content (AvgIpc) is 3.34. The Kier molecular flexibility index (Phi) is 6.29. The number of thioether (sulfide) groups is 1. The number of nitrogens with zero attached hydrogens (tertiary/aromatic N) is 5. The maximum Gasteiger partial charge on any atom is 0.295 e. The SMILES string of the molecule is CCn1c(CC23CC4CC(CC(C4)C2)C3)nnc1SCC(=O)Nc1c(C)n(C)n(-c2ccccc2)c1=O. The Morgan fingerprint density at radius 1 is 1.08 bits per heavy atom. The average molecular weight is 521 g/mol. The second-order valence-electron chi connectivity index (χ2n) is 11.5. The first kappa shape index (κ1) is 24.5. The lowest BCUT2D eigenvalue weighted by Crippen LogP contribution is -2.47. The van der Waals surface area contributed by atoms with Gasteiger partial charge in [0.05, 0.1) is 17.1 Å². The van der Waals surface area contributed by atoms with Crippen LogP contribution in [0.3, 0.4) is 0 Å². The number of benzene rings is 1. The van der Waals surface area contributed by atoms with Crippen LogP contribution in [-0.2, 0) is 24.8 Å². The van der Waals surface area contributed by atoms with Gasteiger partial charge in [-0.1, -0.05) is 30.0 Å². The van der Waals surface area contributed by atoms with Crippen molar-refractivity contribution in [2.75, 3.05) is 11.1 Å². The molecule has 37 heavy (non-hydrogen) atoms. The van der Waals surface area contributed by atoms with Crippen molar-refractivity contribution in [3.05, 3.63) is 52.2 Å². The van der Waals surface area contributed by atoms with Crippen molar-refractivity contribution in [2.45, 2.75) is 70.5 Å². The van der Waals surface area contributed by atoms with Crippen molar-refractivity contribution in [3.8, 4) is 5.69 Å². The maximum absolute atomic E-state index is 13.1. The summed E-state index contributed by atoms with van der Waals surface area (Å²) in [7, 11) is 1.82. The van der Waals surface area contributed by atoms with Crippen molar-refractivity contribution >= 4 is 23.4 Å². The molecule has 1 N–H and O–H groups in total. The molecule has 8 nitrogen and oxygen atoms in total. The van der Waals surface area contributed by atoms with Crippen LogP contribution in [0.2, 0.25) is 0 Å². The van der Waals surface area contributed by atoms with Gasteiger partial charge in [0.1, 0.15) is 11.5 Å². The van der Waals surface area contributed by atoms with E-state index in [-0.39, 0.29) is 17.2 Å². The van der Waals surface area contributed by atoms with Gasteiger partial charge in [0.25, 0.3) is 5.56 Å². The number of aromatic nitrogens is 5. The number of para-hydroxylation sites is 1. The fourth-order valence-electron chi connectivity index (χ4n) is 7.73. The van der Waals surface area contributed by atoms with E-state index in [2.05, 4.69) is 27.0 Å². The molecule has 2 heterocycles. The zero-order valence-corrected chi connectivity index (χ0v) is 22.8. The highest BCUT2D eigenvalue weighted by atomic mass is 32.2. The van der Waals surface area contributed by atoms with E-state index in [4.69, 9.17) is 0 Å². The van der Waals surface area contributed by atoms with Gasteiger partial charge in [0.15, 0.2) is 5.16 Å². The van der Waals surface area contributed by atoms with Gasteiger partial charge in [-0.3, -0.25) is 14.3 Å². The number of amides is 1. The molecule has 7 rings (SSSR count). The first-order valence-electron chi connectivity index (χ1n) is 13.5. The Morgan fingerprint density at radius 2 is 1.73 bits per heavy atom. The number of hydrogen-bond acceptors (Lipinski definition) is 5. The van der Waals surface area contributed by atoms with Crippen molar-refractivity contribution < 1.29 is 4.79 Å². The van der Waals surface area contributed by atoms with Crippen molar-refractivity contribution in [2.24, 2.45) is 30.2 Å². The molecule has 0 atom stereocenters. The molecule has 0 radical (unpaired) electrons. The highest BCUT2D eigenvalue weighted by molar-refractivity contribution is 7.99. The Morgan fingerprint density at radius 3 is 2.35 bits per heavy atom. The van der Waals surface area contributed by atoms with Gasteiger partial charge in [-0.15, -0.1) is 10.2 Å². The molecular formula is C28H36N6O2S. The predicted octanol–water partition coefficient (Wildman–Crippen LogP) is 4.59. The lowest BCUT2D eigenvalue weighted by molar-refractivity contribution is -0.113. The highest BCUT2D eigenvalue weighted by Gasteiger charge is 2.51. The van der Waals surface area contributed by atoms with Gasteiger partial charge in [-0.25, -0.2) is 4.68 Å². The van der Waals surface area contributed by atoms with Crippen LogP contribution in [-0.4, -0.2) is 35.8 Å². The summed E-state index contributed by atoms with van der Waals surface area (Å²) in [6.45, 7) is 4.75. The van der Waals surface area contributed by atoms with Crippen LogP contribution in [0.15, 0.2) is 40.3 Å². The van der Waals surface area contributed by atoms with Crippen LogP contribution in [0.5, 0.6) is 0 Å². The summed E-state index contributed by atoms with van der Waals surface area (Å²) in [5.41, 5.74) is 1.95. The molecule has 4 saturated carbocycles. The number of carbonyl (C=O) groups excluding carboxylic acids is 1. The first-order valence-corrected chi connectivity index (χ1v) is 14.5. The zero-order chi connectivity index (χ0) is 25.7. The number of rotatable bonds is 8. The molecule has 0 spiro atoms. The van der Waals surface area contributed by atoms with Crippen LogP contribution in [0.4, 0.5) is 5.69 Å². The fourth-order valence-corrected chi connectivity index (χ4v) is 8.56. The fraction of sp³-hybridized carbons (Fsp3) is 0.571. The molecule has 9 heteroatoms. The highest BCUT2D eigenvalue weighted by Crippen LogP contribution is 2.61. The third kappa shape index (κ3) is 4.45. The van der Waals surface area contributed by atoms with E-state index in [0.717, 1.165) is 47.4 Å². The van der Waals surface area contributed by atoms with Crippen LogP contribution in [0, 0.1) is 30.1 Å². The standard InChI is InChI=1S/C28H36N6O2S/c1-4-33-23(16-28-13-19-10-20(14-28)12-21(11-19)15-28)30-31-27(33)37-17-24(35)29-25-18(2)32(3)34(26(25)36)22-8-6-5-7-9-22/h5-9,19-21H,4,10-17H2,1-3H3,(H,29,35). The number of nitrogens with one attached hydrogen (secondary N) is 1. The van der Waals surface area contributed by atoms with E-state index < -0.39 is 0 Å². The summed E-state index contributed by atoms with van der Waals surface area (Å²) < 4.78 is 5.53. The molecule has 4 fully saturated rings. The van der Waals surface area contributed by atoms with E-state index in [1.165, 1.54) is 50.3 Å². The lowest BCUT2D eigenvalue weighted by Gasteiger charge is -2.56. The Hall–Kier alpha value is -2.81. The third-order valence-electron chi connectivity index (χ3n) is 8.96. The largest absolute Gasteiger partial charge is 0.319 e. The van der Waals surface area contributed by atoms with Crippen LogP contribution in [0.25, 0.3) is 5.69 Å². The molecule has 196 valence electrons. The van der Waals surface area contributed by atoms with E-state index >= 15 is 0 Å². The van der Waals surface area contributed by atoms with E-state index in [1.807, 2.05) is 44.3 Å². The summed E-state index contributed by atoms with van der Waals surface area (Å²) in [6.07, 6.45) is 9.35. The third-order valence-corrected chi connectivity index (χ3v) is 9.93. The van der Waals surface area contributed by atoms with Crippen molar-refractivity contribution in [3.63, 3.8) is 0 Å². The Balaban J connectivity index is 1.14. The monoisotopic (exact) mass is 520 g/mol. The molecule has 1 amide bonds. The second-order valence-corrected chi connectivity index (χ2v) is 12.5. The first-order chi connectivity index (χ1) is 17.9. The summed E-state index contributed by atoms with van der Waals surface area (Å²) in [6, 6.07) is 9.44. The maximum atomic E-state index is 13.1. The van der Waals surface area contributed by atoms with E-state index in [9.17, 15) is 9.59 Å². The molecule has 0 saturated heterocycles. The summed E-state index contributed by atoms with van der Waals surface area (Å²) in [5.74, 6) is 3.76. The normalized spacial score (nSPS) is 26.1. The summed E-state index contributed by atoms with van der Waals surface area (Å²) >= 11 is 1.39. The number of hydrogen-bond donors (Lipinski definition) is 1. The smallest absolute Gasteiger partial charge is 0.295 e. The van der Waals surface area contributed by atoms with Crippen molar-refractivity contribution in [1.29, 1.82) is 0 Å². The zero-order valence-electron chi connectivity index (χ0n) is 21.9. The molecule has 3 aromatic rings. The van der Waals surface area contributed by atoms with E-state index in [0.29, 0.717) is 16.8 Å². The molecule has 4 bridgehead atoms. The molecule has 4 aliphatic rings. The molecule has 0 aliphatic heterocycles. The second kappa shape index (κ2) is 9.49. The van der Waals surface area contributed by atoms with Crippen LogP contribution in [0.1, 0.15) is 57.0 Å². The molecule has 1 aromatic carbocycles. The van der Waals surface area contributed by atoms with Crippen LogP contribution < -0.4 is 10.9 Å². The minimum Gasteiger partial charge on any atom is -0.319 e. The quantitative estimate of drug-likeness (QED) is 0.439. The van der Waals surface area contributed by atoms with Gasteiger partial charge in [0.2, 0.25) is 5.91 Å². The molecule has 2 aromatic heterocycles. The van der Waals surface area contributed by atoms with Crippen LogP contribution >= 0.6 is 11.8 Å². The minimum atomic E-state index is -0.237. The molecule has 0 unspecified atom stereocenters. The van der Waals surface area contributed by atoms with Crippen molar-refractivity contribution in [1.82, 2.24) is 24.1 Å². The van der Waals surface area contributed by atoms with E-state index in [1.54, 1.807) is 9.36 Å².